The number of carbonyl (C=O) groups is 1. The Hall–Kier alpha value is -3.60. The van der Waals surface area contributed by atoms with E-state index < -0.39 is 25.8 Å². The second-order valence-corrected chi connectivity index (χ2v) is 8.77. The number of rotatable bonds is 5. The van der Waals surface area contributed by atoms with Gasteiger partial charge in [-0.3, -0.25) is 19.2 Å². The number of nitrogens with one attached hydrogen (secondary N) is 1. The number of allylic oxidation sites excluding steroid dienone is 1. The van der Waals surface area contributed by atoms with Crippen molar-refractivity contribution in [3.63, 3.8) is 0 Å². The minimum atomic E-state index is -4.20. The number of ether oxygens (including phenoxy) is 2. The first-order valence-corrected chi connectivity index (χ1v) is 10.5. The number of anilines is 2. The zero-order chi connectivity index (χ0) is 23.1. The minimum absolute atomic E-state index is 0.149. The number of amides is 1. The van der Waals surface area contributed by atoms with Crippen molar-refractivity contribution < 1.29 is 27.6 Å². The predicted octanol–water partition coefficient (Wildman–Crippen LogP) is 3.07. The van der Waals surface area contributed by atoms with Gasteiger partial charge < -0.3 is 14.8 Å². The quantitative estimate of drug-likeness (QED) is 0.551. The highest BCUT2D eigenvalue weighted by Gasteiger charge is 2.38. The number of hydrogen-bond donors (Lipinski definition) is 1. The zero-order valence-electron chi connectivity index (χ0n) is 17.5. The van der Waals surface area contributed by atoms with Crippen LogP contribution in [0, 0.1) is 17.0 Å². The molecule has 10 nitrogen and oxygen atoms in total. The predicted molar refractivity (Wildman–Crippen MR) is 116 cm³/mol. The van der Waals surface area contributed by atoms with Crippen LogP contribution >= 0.6 is 0 Å². The standard InChI is InChI=1S/C20H21N3O7S/c1-11-6-7-13(23(25)26)8-15(11)21-20(24)19-12(2)14-9-17(29-4)18(30-5)10-16(14)22(3)31(19,27)28/h6-10H,1-5H3,(H,21,24). The number of hydrogen-bond acceptors (Lipinski definition) is 7. The lowest BCUT2D eigenvalue weighted by atomic mass is 10.0. The van der Waals surface area contributed by atoms with Crippen LogP contribution in [0.15, 0.2) is 35.2 Å². The Morgan fingerprint density at radius 2 is 1.71 bits per heavy atom. The maximum atomic E-state index is 13.2. The largest absolute Gasteiger partial charge is 0.493 e. The van der Waals surface area contributed by atoms with Crippen molar-refractivity contribution >= 4 is 38.6 Å². The smallest absolute Gasteiger partial charge is 0.271 e. The van der Waals surface area contributed by atoms with E-state index in [4.69, 9.17) is 9.47 Å². The molecule has 1 N–H and O–H groups in total. The van der Waals surface area contributed by atoms with Crippen LogP contribution in [0.2, 0.25) is 0 Å². The zero-order valence-corrected chi connectivity index (χ0v) is 18.4. The Morgan fingerprint density at radius 1 is 1.10 bits per heavy atom. The molecule has 0 unspecified atom stereocenters. The summed E-state index contributed by atoms with van der Waals surface area (Å²) in [6.07, 6.45) is 0. The van der Waals surface area contributed by atoms with E-state index in [0.29, 0.717) is 28.3 Å². The molecule has 1 amide bonds. The molecule has 11 heteroatoms. The summed E-state index contributed by atoms with van der Waals surface area (Å²) in [5.74, 6) is -0.174. The lowest BCUT2D eigenvalue weighted by Crippen LogP contribution is -2.36. The summed E-state index contributed by atoms with van der Waals surface area (Å²) in [5.41, 5.74) is 1.50. The molecule has 1 heterocycles. The van der Waals surface area contributed by atoms with Crippen molar-refractivity contribution in [2.75, 3.05) is 30.9 Å². The van der Waals surface area contributed by atoms with Gasteiger partial charge in [-0.25, -0.2) is 8.42 Å². The Balaban J connectivity index is 2.15. The fourth-order valence-electron chi connectivity index (χ4n) is 3.34. The molecule has 0 radical (unpaired) electrons. The average molecular weight is 447 g/mol. The fourth-order valence-corrected chi connectivity index (χ4v) is 4.80. The molecular weight excluding hydrogens is 426 g/mol. The summed E-state index contributed by atoms with van der Waals surface area (Å²) in [7, 11) is 0.0191. The van der Waals surface area contributed by atoms with E-state index in [2.05, 4.69) is 5.32 Å². The molecule has 164 valence electrons. The maximum absolute atomic E-state index is 13.2. The summed E-state index contributed by atoms with van der Waals surface area (Å²) < 4.78 is 37.9. The molecule has 2 aromatic carbocycles. The molecule has 0 aromatic heterocycles. The average Bonchev–Trinajstić information content (AvgIpc) is 2.72. The Bertz CT molecular complexity index is 1240. The number of non-ortho nitro benzene ring substituents is 1. The van der Waals surface area contributed by atoms with Crippen LogP contribution in [-0.2, 0) is 14.8 Å². The number of nitrogens with zero attached hydrogens (tertiary/aromatic N) is 2. The molecule has 1 aliphatic rings. The van der Waals surface area contributed by atoms with E-state index in [1.165, 1.54) is 52.5 Å². The fraction of sp³-hybridized carbons (Fsp3) is 0.250. The highest BCUT2D eigenvalue weighted by atomic mass is 32.2. The maximum Gasteiger partial charge on any atom is 0.271 e. The second kappa shape index (κ2) is 7.91. The van der Waals surface area contributed by atoms with Crippen molar-refractivity contribution in [1.29, 1.82) is 0 Å². The van der Waals surface area contributed by atoms with Crippen LogP contribution < -0.4 is 19.1 Å². The van der Waals surface area contributed by atoms with Gasteiger partial charge in [0, 0.05) is 30.8 Å². The summed E-state index contributed by atoms with van der Waals surface area (Å²) in [6, 6.07) is 7.08. The first kappa shape index (κ1) is 22.1. The molecule has 3 rings (SSSR count). The van der Waals surface area contributed by atoms with Crippen LogP contribution in [0.4, 0.5) is 17.1 Å². The van der Waals surface area contributed by atoms with E-state index in [1.54, 1.807) is 13.0 Å². The van der Waals surface area contributed by atoms with Crippen LogP contribution in [0.25, 0.3) is 5.57 Å². The van der Waals surface area contributed by atoms with Crippen LogP contribution in [0.5, 0.6) is 11.5 Å². The molecular formula is C20H21N3O7S. The topological polar surface area (TPSA) is 128 Å². The third-order valence-electron chi connectivity index (χ3n) is 5.09. The molecule has 0 atom stereocenters. The third kappa shape index (κ3) is 3.67. The first-order valence-electron chi connectivity index (χ1n) is 9.05. The van der Waals surface area contributed by atoms with Crippen LogP contribution in [-0.4, -0.2) is 40.5 Å². The SMILES string of the molecule is COc1cc2c(cc1OC)N(C)S(=O)(=O)C(C(=O)Nc1cc([N+](=O)[O-])ccc1C)=C2C. The number of sulfonamides is 1. The molecule has 2 aromatic rings. The van der Waals surface area contributed by atoms with E-state index in [-0.39, 0.29) is 16.9 Å². The number of nitro benzene ring substituents is 1. The van der Waals surface area contributed by atoms with Crippen LogP contribution in [0.3, 0.4) is 0 Å². The normalized spacial score (nSPS) is 14.7. The number of carbonyl (C=O) groups excluding carboxylic acids is 1. The van der Waals surface area contributed by atoms with E-state index in [0.717, 1.165) is 4.31 Å². The van der Waals surface area contributed by atoms with Gasteiger partial charge in [-0.05, 0) is 31.1 Å². The van der Waals surface area contributed by atoms with Gasteiger partial charge >= 0.3 is 0 Å². The van der Waals surface area contributed by atoms with Gasteiger partial charge in [0.05, 0.1) is 30.5 Å². The van der Waals surface area contributed by atoms with E-state index >= 15 is 0 Å². The van der Waals surface area contributed by atoms with Gasteiger partial charge in [0.15, 0.2) is 16.4 Å². The van der Waals surface area contributed by atoms with Gasteiger partial charge in [0.2, 0.25) is 0 Å². The van der Waals surface area contributed by atoms with Gasteiger partial charge in [-0.1, -0.05) is 6.07 Å². The second-order valence-electron chi connectivity index (χ2n) is 6.86. The molecule has 0 aliphatic carbocycles. The molecule has 0 fully saturated rings. The summed E-state index contributed by atoms with van der Waals surface area (Å²) in [5, 5.41) is 13.6. The Labute approximate surface area is 179 Å². The lowest BCUT2D eigenvalue weighted by Gasteiger charge is -2.30. The number of nitro groups is 1. The van der Waals surface area contributed by atoms with Gasteiger partial charge in [-0.2, -0.15) is 0 Å². The van der Waals surface area contributed by atoms with Crippen molar-refractivity contribution in [2.24, 2.45) is 0 Å². The monoisotopic (exact) mass is 447 g/mol. The summed E-state index contributed by atoms with van der Waals surface area (Å²) in [6.45, 7) is 3.17. The van der Waals surface area contributed by atoms with Crippen molar-refractivity contribution in [2.45, 2.75) is 13.8 Å². The van der Waals surface area contributed by atoms with Gasteiger partial charge in [-0.15, -0.1) is 0 Å². The van der Waals surface area contributed by atoms with Crippen molar-refractivity contribution in [3.8, 4) is 11.5 Å². The molecule has 1 aliphatic heterocycles. The third-order valence-corrected chi connectivity index (χ3v) is 7.02. The highest BCUT2D eigenvalue weighted by Crippen LogP contribution is 2.44. The van der Waals surface area contributed by atoms with Gasteiger partial charge in [0.25, 0.3) is 21.6 Å². The first-order chi connectivity index (χ1) is 14.5. The number of fused-ring (bicyclic) bond motifs is 1. The Kier molecular flexibility index (Phi) is 5.64. The molecule has 0 spiro atoms. The number of methoxy groups -OCH3 is 2. The molecule has 0 saturated heterocycles. The lowest BCUT2D eigenvalue weighted by molar-refractivity contribution is -0.384. The minimum Gasteiger partial charge on any atom is -0.493 e. The summed E-state index contributed by atoms with van der Waals surface area (Å²) in [4.78, 5) is 23.1. The van der Waals surface area contributed by atoms with E-state index in [9.17, 15) is 23.3 Å². The highest BCUT2D eigenvalue weighted by molar-refractivity contribution is 7.97. The summed E-state index contributed by atoms with van der Waals surface area (Å²) >= 11 is 0. The van der Waals surface area contributed by atoms with Gasteiger partial charge in [0.1, 0.15) is 0 Å². The van der Waals surface area contributed by atoms with Crippen molar-refractivity contribution in [1.82, 2.24) is 0 Å². The van der Waals surface area contributed by atoms with E-state index in [1.807, 2.05) is 0 Å². The molecule has 0 bridgehead atoms. The van der Waals surface area contributed by atoms with Crippen LogP contribution in [0.1, 0.15) is 18.1 Å². The molecule has 0 saturated carbocycles. The number of benzene rings is 2. The molecule has 31 heavy (non-hydrogen) atoms. The number of aryl methyl sites for hydroxylation is 1. The van der Waals surface area contributed by atoms with Crippen molar-refractivity contribution in [3.05, 3.63) is 56.5 Å². The Morgan fingerprint density at radius 3 is 2.29 bits per heavy atom.